The molecule has 1 aliphatic rings. The third-order valence-electron chi connectivity index (χ3n) is 2.69. The number of hydrogen-bond donors (Lipinski definition) is 0. The first-order chi connectivity index (χ1) is 8.33. The maximum atomic E-state index is 11.1. The van der Waals surface area contributed by atoms with Gasteiger partial charge in [0.2, 0.25) is 0 Å². The van der Waals surface area contributed by atoms with E-state index >= 15 is 0 Å². The van der Waals surface area contributed by atoms with Crippen molar-refractivity contribution in [1.82, 2.24) is 0 Å². The second-order valence-corrected chi connectivity index (χ2v) is 6.44. The number of benzene rings is 1. The van der Waals surface area contributed by atoms with Gasteiger partial charge in [-0.2, -0.15) is 8.42 Å². The predicted molar refractivity (Wildman–Crippen MR) is 69.2 cm³/mol. The van der Waals surface area contributed by atoms with E-state index in [9.17, 15) is 8.42 Å². The second-order valence-electron chi connectivity index (χ2n) is 4.84. The van der Waals surface area contributed by atoms with Crippen molar-refractivity contribution in [3.05, 3.63) is 29.3 Å². The van der Waals surface area contributed by atoms with Crippen LogP contribution in [0.15, 0.2) is 18.2 Å². The van der Waals surface area contributed by atoms with Gasteiger partial charge in [-0.3, -0.25) is 4.18 Å². The summed E-state index contributed by atoms with van der Waals surface area (Å²) < 4.78 is 32.9. The quantitative estimate of drug-likeness (QED) is 0.772. The first-order valence-electron chi connectivity index (χ1n) is 6.00. The normalized spacial score (nSPS) is 17.5. The standard InChI is InChI=1S/C13H18O4S/c1-9-6-11(10(2)17-18(3,14)15)8-13(7-9)16-12-4-5-12/h6-8,10,12H,4-5H2,1-3H3. The van der Waals surface area contributed by atoms with Crippen LogP contribution in [0.2, 0.25) is 0 Å². The zero-order valence-corrected chi connectivity index (χ0v) is 11.7. The molecule has 1 aromatic carbocycles. The first-order valence-corrected chi connectivity index (χ1v) is 7.81. The Balaban J connectivity index is 2.18. The van der Waals surface area contributed by atoms with Crippen molar-refractivity contribution in [2.45, 2.75) is 38.9 Å². The lowest BCUT2D eigenvalue weighted by Gasteiger charge is -2.14. The van der Waals surface area contributed by atoms with E-state index in [1.165, 1.54) is 0 Å². The minimum Gasteiger partial charge on any atom is -0.490 e. The van der Waals surface area contributed by atoms with Crippen LogP contribution in [-0.2, 0) is 14.3 Å². The van der Waals surface area contributed by atoms with Crippen molar-refractivity contribution >= 4 is 10.1 Å². The molecular formula is C13H18O4S. The molecule has 0 radical (unpaired) electrons. The minimum atomic E-state index is -3.45. The maximum Gasteiger partial charge on any atom is 0.264 e. The van der Waals surface area contributed by atoms with Gasteiger partial charge < -0.3 is 4.74 Å². The van der Waals surface area contributed by atoms with E-state index in [-0.39, 0.29) is 0 Å². The van der Waals surface area contributed by atoms with Crippen LogP contribution in [0.1, 0.15) is 37.0 Å². The molecule has 0 amide bonds. The van der Waals surface area contributed by atoms with Gasteiger partial charge >= 0.3 is 0 Å². The van der Waals surface area contributed by atoms with Crippen molar-refractivity contribution < 1.29 is 17.3 Å². The Kier molecular flexibility index (Phi) is 3.64. The van der Waals surface area contributed by atoms with Crippen LogP contribution in [0.25, 0.3) is 0 Å². The molecule has 4 nitrogen and oxygen atoms in total. The molecule has 1 fully saturated rings. The average molecular weight is 270 g/mol. The van der Waals surface area contributed by atoms with Crippen molar-refractivity contribution in [1.29, 1.82) is 0 Å². The molecule has 0 heterocycles. The van der Waals surface area contributed by atoms with Gasteiger partial charge in [0.15, 0.2) is 0 Å². The van der Waals surface area contributed by atoms with Crippen molar-refractivity contribution in [3.8, 4) is 5.75 Å². The molecule has 0 spiro atoms. The highest BCUT2D eigenvalue weighted by atomic mass is 32.2. The van der Waals surface area contributed by atoms with E-state index in [4.69, 9.17) is 8.92 Å². The molecule has 1 atom stereocenters. The van der Waals surface area contributed by atoms with Crippen LogP contribution < -0.4 is 4.74 Å². The van der Waals surface area contributed by atoms with E-state index in [0.29, 0.717) is 6.10 Å². The molecule has 0 bridgehead atoms. The van der Waals surface area contributed by atoms with Crippen LogP contribution in [0.3, 0.4) is 0 Å². The molecule has 1 saturated carbocycles. The smallest absolute Gasteiger partial charge is 0.264 e. The summed E-state index contributed by atoms with van der Waals surface area (Å²) in [5.74, 6) is 0.788. The molecule has 18 heavy (non-hydrogen) atoms. The minimum absolute atomic E-state index is 0.325. The van der Waals surface area contributed by atoms with Gasteiger partial charge in [0.1, 0.15) is 5.75 Å². The molecule has 0 N–H and O–H groups in total. The van der Waals surface area contributed by atoms with Crippen LogP contribution in [0, 0.1) is 6.92 Å². The molecular weight excluding hydrogens is 252 g/mol. The van der Waals surface area contributed by atoms with Crippen LogP contribution >= 0.6 is 0 Å². The van der Waals surface area contributed by atoms with Crippen LogP contribution in [0.5, 0.6) is 5.75 Å². The van der Waals surface area contributed by atoms with Crippen LogP contribution in [0.4, 0.5) is 0 Å². The van der Waals surface area contributed by atoms with Gasteiger partial charge in [0, 0.05) is 0 Å². The van der Waals surface area contributed by atoms with Crippen molar-refractivity contribution in [3.63, 3.8) is 0 Å². The van der Waals surface area contributed by atoms with E-state index in [2.05, 4.69) is 0 Å². The topological polar surface area (TPSA) is 52.6 Å². The highest BCUT2D eigenvalue weighted by Crippen LogP contribution is 2.30. The van der Waals surface area contributed by atoms with Gasteiger partial charge in [-0.25, -0.2) is 0 Å². The van der Waals surface area contributed by atoms with Gasteiger partial charge in [-0.05, 0) is 49.9 Å². The van der Waals surface area contributed by atoms with E-state index in [1.54, 1.807) is 6.92 Å². The molecule has 1 aliphatic carbocycles. The summed E-state index contributed by atoms with van der Waals surface area (Å²) in [6, 6.07) is 5.71. The van der Waals surface area contributed by atoms with Gasteiger partial charge in [0.25, 0.3) is 10.1 Å². The Labute approximate surface area is 108 Å². The molecule has 0 saturated heterocycles. The van der Waals surface area contributed by atoms with E-state index in [1.807, 2.05) is 25.1 Å². The van der Waals surface area contributed by atoms with Gasteiger partial charge in [-0.1, -0.05) is 6.07 Å². The maximum absolute atomic E-state index is 11.1. The predicted octanol–water partition coefficient (Wildman–Crippen LogP) is 2.57. The molecule has 5 heteroatoms. The second kappa shape index (κ2) is 4.90. The summed E-state index contributed by atoms with van der Waals surface area (Å²) in [7, 11) is -3.45. The molecule has 1 aromatic rings. The van der Waals surface area contributed by atoms with Gasteiger partial charge in [0.05, 0.1) is 18.5 Å². The lowest BCUT2D eigenvalue weighted by molar-refractivity contribution is 0.235. The van der Waals surface area contributed by atoms with Crippen molar-refractivity contribution in [2.24, 2.45) is 0 Å². The summed E-state index contributed by atoms with van der Waals surface area (Å²) >= 11 is 0. The SMILES string of the molecule is Cc1cc(OC2CC2)cc(C(C)OS(C)(=O)=O)c1. The molecule has 2 rings (SSSR count). The lowest BCUT2D eigenvalue weighted by atomic mass is 10.1. The Bertz CT molecular complexity index is 532. The number of aryl methyl sites for hydroxylation is 1. The summed E-state index contributed by atoms with van der Waals surface area (Å²) in [5.41, 5.74) is 1.85. The zero-order valence-electron chi connectivity index (χ0n) is 10.8. The van der Waals surface area contributed by atoms with Gasteiger partial charge in [-0.15, -0.1) is 0 Å². The van der Waals surface area contributed by atoms with Crippen molar-refractivity contribution in [2.75, 3.05) is 6.26 Å². The highest BCUT2D eigenvalue weighted by molar-refractivity contribution is 7.86. The summed E-state index contributed by atoms with van der Waals surface area (Å²) in [6.07, 6.45) is 3.07. The first kappa shape index (κ1) is 13.4. The summed E-state index contributed by atoms with van der Waals surface area (Å²) in [5, 5.41) is 0. The fraction of sp³-hybridized carbons (Fsp3) is 0.538. The molecule has 100 valence electrons. The fourth-order valence-electron chi connectivity index (χ4n) is 1.78. The number of hydrogen-bond acceptors (Lipinski definition) is 4. The number of rotatable bonds is 5. The van der Waals surface area contributed by atoms with Crippen LogP contribution in [-0.4, -0.2) is 20.8 Å². The lowest BCUT2D eigenvalue weighted by Crippen LogP contribution is -2.08. The fourth-order valence-corrected chi connectivity index (χ4v) is 2.41. The number of ether oxygens (including phenoxy) is 1. The summed E-state index contributed by atoms with van der Waals surface area (Å²) in [4.78, 5) is 0. The Hall–Kier alpha value is -1.07. The third kappa shape index (κ3) is 3.99. The Morgan fingerprint density at radius 1 is 1.28 bits per heavy atom. The van der Waals surface area contributed by atoms with E-state index in [0.717, 1.165) is 36.0 Å². The zero-order chi connectivity index (χ0) is 13.3. The average Bonchev–Trinajstić information content (AvgIpc) is 2.98. The monoisotopic (exact) mass is 270 g/mol. The van der Waals surface area contributed by atoms with E-state index < -0.39 is 16.2 Å². The largest absolute Gasteiger partial charge is 0.490 e. The third-order valence-corrected chi connectivity index (χ3v) is 3.33. The molecule has 0 aliphatic heterocycles. The Morgan fingerprint density at radius 3 is 2.50 bits per heavy atom. The molecule has 1 unspecified atom stereocenters. The molecule has 0 aromatic heterocycles. The highest BCUT2D eigenvalue weighted by Gasteiger charge is 2.24. The Morgan fingerprint density at radius 2 is 1.94 bits per heavy atom. The summed E-state index contributed by atoms with van der Waals surface area (Å²) in [6.45, 7) is 3.67.